The molecule has 0 bridgehead atoms. The van der Waals surface area contributed by atoms with E-state index in [0.717, 1.165) is 54.5 Å². The summed E-state index contributed by atoms with van der Waals surface area (Å²) in [5, 5.41) is 1.78. The highest BCUT2D eigenvalue weighted by Gasteiger charge is 2.36. The molecule has 0 spiro atoms. The van der Waals surface area contributed by atoms with Gasteiger partial charge in [0.25, 0.3) is 5.91 Å². The number of aromatic nitrogens is 1. The molecule has 0 aliphatic carbocycles. The zero-order valence-electron chi connectivity index (χ0n) is 22.6. The van der Waals surface area contributed by atoms with Gasteiger partial charge in [0.1, 0.15) is 6.04 Å². The normalized spacial score (nSPS) is 20.7. The Balaban J connectivity index is 1.23. The molecule has 2 fully saturated rings. The smallest absolute Gasteiger partial charge is 0.410 e. The maximum atomic E-state index is 13.4. The van der Waals surface area contributed by atoms with Crippen LogP contribution in [0.1, 0.15) is 72.2 Å². The van der Waals surface area contributed by atoms with Gasteiger partial charge in [0.05, 0.1) is 6.61 Å². The summed E-state index contributed by atoms with van der Waals surface area (Å²) in [4.78, 5) is 36.3. The Kier molecular flexibility index (Phi) is 7.54. The van der Waals surface area contributed by atoms with Gasteiger partial charge < -0.3 is 19.5 Å². The molecule has 1 aromatic heterocycles. The van der Waals surface area contributed by atoms with E-state index < -0.39 is 0 Å². The molecule has 3 aliphatic heterocycles. The first-order chi connectivity index (χ1) is 19.0. The summed E-state index contributed by atoms with van der Waals surface area (Å²) in [6.07, 6.45) is 6.43. The Morgan fingerprint density at radius 3 is 2.44 bits per heavy atom. The lowest BCUT2D eigenvalue weighted by Gasteiger charge is -2.40. The van der Waals surface area contributed by atoms with Crippen molar-refractivity contribution in [2.24, 2.45) is 0 Å². The van der Waals surface area contributed by atoms with Crippen LogP contribution in [0, 0.1) is 0 Å². The zero-order chi connectivity index (χ0) is 26.9. The second-order valence-corrected chi connectivity index (χ2v) is 11.4. The van der Waals surface area contributed by atoms with E-state index in [-0.39, 0.29) is 18.0 Å². The largest absolute Gasteiger partial charge is 0.450 e. The number of nitrogens with zero attached hydrogens (tertiary/aromatic N) is 3. The summed E-state index contributed by atoms with van der Waals surface area (Å²) in [6.45, 7) is 6.71. The minimum atomic E-state index is -0.332. The second-order valence-electron chi connectivity index (χ2n) is 11.0. The minimum Gasteiger partial charge on any atom is -0.450 e. The number of piperidine rings is 2. The number of H-pyrrole nitrogens is 1. The molecular weight excluding hydrogens is 512 g/mol. The molecule has 8 heteroatoms. The van der Waals surface area contributed by atoms with Gasteiger partial charge >= 0.3 is 6.09 Å². The van der Waals surface area contributed by atoms with E-state index in [4.69, 9.17) is 16.3 Å². The zero-order valence-corrected chi connectivity index (χ0v) is 23.4. The van der Waals surface area contributed by atoms with Crippen LogP contribution in [0.25, 0.3) is 10.9 Å². The van der Waals surface area contributed by atoms with Gasteiger partial charge in [0, 0.05) is 52.9 Å². The first-order valence-corrected chi connectivity index (χ1v) is 14.8. The number of carbonyl (C=O) groups is 2. The maximum absolute atomic E-state index is 13.4. The lowest BCUT2D eigenvalue weighted by atomic mass is 9.92. The molecule has 0 radical (unpaired) electrons. The number of nitrogens with one attached hydrogen (secondary N) is 1. The maximum Gasteiger partial charge on any atom is 0.410 e. The van der Waals surface area contributed by atoms with E-state index in [1.807, 2.05) is 54.3 Å². The summed E-state index contributed by atoms with van der Waals surface area (Å²) in [7, 11) is 0. The number of amides is 2. The Morgan fingerprint density at radius 1 is 0.974 bits per heavy atom. The van der Waals surface area contributed by atoms with Crippen molar-refractivity contribution < 1.29 is 14.3 Å². The van der Waals surface area contributed by atoms with Crippen LogP contribution < -0.4 is 0 Å². The molecule has 2 saturated heterocycles. The number of rotatable bonds is 4. The Labute approximate surface area is 235 Å². The van der Waals surface area contributed by atoms with Gasteiger partial charge in [0.2, 0.25) is 0 Å². The molecule has 4 heterocycles. The summed E-state index contributed by atoms with van der Waals surface area (Å²) >= 11 is 6.31. The van der Waals surface area contributed by atoms with Gasteiger partial charge in [-0.15, -0.1) is 0 Å². The van der Waals surface area contributed by atoms with Crippen LogP contribution in [-0.2, 0) is 11.2 Å². The molecular formula is C31H37ClN4O3. The van der Waals surface area contributed by atoms with E-state index >= 15 is 0 Å². The van der Waals surface area contributed by atoms with Gasteiger partial charge in [-0.25, -0.2) is 4.79 Å². The Hall–Kier alpha value is -3.03. The van der Waals surface area contributed by atoms with Crippen molar-refractivity contribution in [1.29, 1.82) is 0 Å². The predicted molar refractivity (Wildman–Crippen MR) is 153 cm³/mol. The fraction of sp³-hybridized carbons (Fsp3) is 0.484. The number of benzene rings is 2. The third-order valence-corrected chi connectivity index (χ3v) is 8.96. The highest BCUT2D eigenvalue weighted by atomic mass is 35.5. The van der Waals surface area contributed by atoms with Gasteiger partial charge in [-0.3, -0.25) is 9.69 Å². The molecule has 2 amide bonds. The molecule has 1 N–H and O–H groups in total. The minimum absolute atomic E-state index is 0.0884. The van der Waals surface area contributed by atoms with Gasteiger partial charge in [0.15, 0.2) is 0 Å². The number of aromatic amines is 1. The second kappa shape index (κ2) is 11.2. The van der Waals surface area contributed by atoms with Gasteiger partial charge in [-0.2, -0.15) is 0 Å². The van der Waals surface area contributed by atoms with E-state index in [1.54, 1.807) is 4.90 Å². The fourth-order valence-electron chi connectivity index (χ4n) is 6.72. The van der Waals surface area contributed by atoms with Crippen LogP contribution in [-0.4, -0.2) is 77.1 Å². The molecule has 0 saturated carbocycles. The average molecular weight is 549 g/mol. The van der Waals surface area contributed by atoms with E-state index in [2.05, 4.69) is 9.88 Å². The third kappa shape index (κ3) is 5.14. The standard InChI is InChI=1S/C31H37ClN4O3/c1-2-39-31(38)36-19-14-25-26-20-23(32)10-11-27(26)33-28(25)29(36)21-6-8-22(9-7-21)30(37)35-17-12-24(13-18-35)34-15-4-3-5-16-34/h6-11,20,24,29,33H,2-5,12-19H2,1H3. The Morgan fingerprint density at radius 2 is 1.72 bits per heavy atom. The molecule has 2 aromatic carbocycles. The number of fused-ring (bicyclic) bond motifs is 3. The van der Waals surface area contributed by atoms with Crippen LogP contribution >= 0.6 is 11.6 Å². The number of ether oxygens (including phenoxy) is 1. The van der Waals surface area contributed by atoms with Crippen molar-refractivity contribution in [2.45, 2.75) is 57.5 Å². The number of halogens is 1. The fourth-order valence-corrected chi connectivity index (χ4v) is 6.89. The Bertz CT molecular complexity index is 1340. The monoisotopic (exact) mass is 548 g/mol. The summed E-state index contributed by atoms with van der Waals surface area (Å²) < 4.78 is 5.42. The van der Waals surface area contributed by atoms with Crippen molar-refractivity contribution >= 4 is 34.5 Å². The van der Waals surface area contributed by atoms with E-state index in [9.17, 15) is 9.59 Å². The summed E-state index contributed by atoms with van der Waals surface area (Å²) in [6, 6.07) is 13.9. The van der Waals surface area contributed by atoms with Crippen LogP contribution in [0.2, 0.25) is 5.02 Å². The van der Waals surface area contributed by atoms with Crippen molar-refractivity contribution in [3.8, 4) is 0 Å². The highest BCUT2D eigenvalue weighted by Crippen LogP contribution is 2.39. The molecule has 6 rings (SSSR count). The molecule has 206 valence electrons. The quantitative estimate of drug-likeness (QED) is 0.433. The lowest BCUT2D eigenvalue weighted by Crippen LogP contribution is -2.48. The topological polar surface area (TPSA) is 68.9 Å². The molecule has 3 aliphatic rings. The highest BCUT2D eigenvalue weighted by molar-refractivity contribution is 6.31. The van der Waals surface area contributed by atoms with Crippen molar-refractivity contribution in [3.63, 3.8) is 0 Å². The third-order valence-electron chi connectivity index (χ3n) is 8.72. The SMILES string of the molecule is CCOC(=O)N1CCc2c([nH]c3ccc(Cl)cc23)C1c1ccc(C(=O)N2CCC(N3CCCCC3)CC2)cc1. The number of hydrogen-bond acceptors (Lipinski definition) is 4. The van der Waals surface area contributed by atoms with Crippen molar-refractivity contribution in [3.05, 3.63) is 69.9 Å². The first kappa shape index (κ1) is 26.2. The number of carbonyl (C=O) groups excluding carboxylic acids is 2. The molecule has 1 unspecified atom stereocenters. The molecule has 1 atom stereocenters. The lowest BCUT2D eigenvalue weighted by molar-refractivity contribution is 0.0589. The van der Waals surface area contributed by atoms with E-state index in [0.29, 0.717) is 29.8 Å². The van der Waals surface area contributed by atoms with Crippen LogP contribution in [0.4, 0.5) is 4.79 Å². The van der Waals surface area contributed by atoms with Gasteiger partial charge in [-0.1, -0.05) is 30.2 Å². The van der Waals surface area contributed by atoms with Crippen LogP contribution in [0.15, 0.2) is 42.5 Å². The van der Waals surface area contributed by atoms with Crippen molar-refractivity contribution in [2.75, 3.05) is 39.3 Å². The molecule has 3 aromatic rings. The summed E-state index contributed by atoms with van der Waals surface area (Å²) in [5.41, 5.74) is 4.79. The summed E-state index contributed by atoms with van der Waals surface area (Å²) in [5.74, 6) is 0.0884. The number of hydrogen-bond donors (Lipinski definition) is 1. The molecule has 7 nitrogen and oxygen atoms in total. The first-order valence-electron chi connectivity index (χ1n) is 14.4. The van der Waals surface area contributed by atoms with Gasteiger partial charge in [-0.05, 0) is 93.6 Å². The van der Waals surface area contributed by atoms with Crippen LogP contribution in [0.5, 0.6) is 0 Å². The van der Waals surface area contributed by atoms with Crippen LogP contribution in [0.3, 0.4) is 0 Å². The number of likely N-dealkylation sites (tertiary alicyclic amines) is 2. The molecule has 39 heavy (non-hydrogen) atoms. The average Bonchev–Trinajstić information content (AvgIpc) is 3.35. The van der Waals surface area contributed by atoms with E-state index in [1.165, 1.54) is 37.9 Å². The van der Waals surface area contributed by atoms with Crippen molar-refractivity contribution in [1.82, 2.24) is 19.7 Å². The predicted octanol–water partition coefficient (Wildman–Crippen LogP) is 6.02.